The van der Waals surface area contributed by atoms with E-state index in [1.54, 1.807) is 53.3 Å². The molecule has 1 unspecified atom stereocenters. The summed E-state index contributed by atoms with van der Waals surface area (Å²) in [4.78, 5) is 30.4. The molecule has 2 amide bonds. The predicted octanol–water partition coefficient (Wildman–Crippen LogP) is 5.54. The summed E-state index contributed by atoms with van der Waals surface area (Å²) >= 11 is 6.16. The summed E-state index contributed by atoms with van der Waals surface area (Å²) in [6.07, 6.45) is 0.550. The van der Waals surface area contributed by atoms with Crippen molar-refractivity contribution in [2.24, 2.45) is 0 Å². The molecule has 164 valence electrons. The van der Waals surface area contributed by atoms with Gasteiger partial charge in [0.15, 0.2) is 0 Å². The number of rotatable bonds is 5. The molecule has 1 aliphatic rings. The summed E-state index contributed by atoms with van der Waals surface area (Å²) in [7, 11) is 1.60. The van der Waals surface area contributed by atoms with Crippen molar-refractivity contribution < 1.29 is 14.3 Å². The van der Waals surface area contributed by atoms with Crippen LogP contribution in [0.3, 0.4) is 0 Å². The summed E-state index contributed by atoms with van der Waals surface area (Å²) < 4.78 is 5.19. The molecule has 0 aromatic heterocycles. The SMILES string of the molecule is CCN(C(=O)C1CCN(C(=O)c2ccc(OC)cc2)c2ccccc21)c1cccc(Cl)c1. The zero-order valence-corrected chi connectivity index (χ0v) is 18.9. The number of hydrogen-bond donors (Lipinski definition) is 0. The van der Waals surface area contributed by atoms with E-state index in [1.165, 1.54) is 0 Å². The third kappa shape index (κ3) is 4.21. The number of benzene rings is 3. The van der Waals surface area contributed by atoms with Crippen LogP contribution >= 0.6 is 11.6 Å². The van der Waals surface area contributed by atoms with Crippen molar-refractivity contribution in [3.8, 4) is 5.75 Å². The zero-order chi connectivity index (χ0) is 22.7. The van der Waals surface area contributed by atoms with Gasteiger partial charge in [-0.25, -0.2) is 0 Å². The van der Waals surface area contributed by atoms with Crippen LogP contribution < -0.4 is 14.5 Å². The monoisotopic (exact) mass is 448 g/mol. The number of fused-ring (bicyclic) bond motifs is 1. The van der Waals surface area contributed by atoms with Gasteiger partial charge in [-0.3, -0.25) is 9.59 Å². The van der Waals surface area contributed by atoms with Gasteiger partial charge in [0.25, 0.3) is 5.91 Å². The largest absolute Gasteiger partial charge is 0.497 e. The fourth-order valence-corrected chi connectivity index (χ4v) is 4.40. The van der Waals surface area contributed by atoms with Gasteiger partial charge in [-0.2, -0.15) is 0 Å². The Kier molecular flexibility index (Phi) is 6.47. The van der Waals surface area contributed by atoms with Gasteiger partial charge in [-0.1, -0.05) is 35.9 Å². The Balaban J connectivity index is 1.64. The number of carbonyl (C=O) groups is 2. The maximum absolute atomic E-state index is 13.6. The zero-order valence-electron chi connectivity index (χ0n) is 18.1. The highest BCUT2D eigenvalue weighted by atomic mass is 35.5. The molecular weight excluding hydrogens is 424 g/mol. The summed E-state index contributed by atoms with van der Waals surface area (Å²) in [6, 6.07) is 22.1. The lowest BCUT2D eigenvalue weighted by molar-refractivity contribution is -0.120. The molecule has 0 fully saturated rings. The maximum atomic E-state index is 13.6. The minimum absolute atomic E-state index is 0.0127. The van der Waals surface area contributed by atoms with Crippen molar-refractivity contribution in [3.05, 3.63) is 88.9 Å². The molecule has 0 bridgehead atoms. The first-order valence-electron chi connectivity index (χ1n) is 10.6. The molecule has 0 saturated carbocycles. The van der Waals surface area contributed by atoms with Crippen molar-refractivity contribution in [1.29, 1.82) is 0 Å². The average Bonchev–Trinajstić information content (AvgIpc) is 2.83. The molecular formula is C26H25ClN2O3. The summed E-state index contributed by atoms with van der Waals surface area (Å²) in [6.45, 7) is 2.95. The third-order valence-electron chi connectivity index (χ3n) is 5.83. The van der Waals surface area contributed by atoms with Gasteiger partial charge in [0.05, 0.1) is 13.0 Å². The van der Waals surface area contributed by atoms with Crippen LogP contribution in [0.25, 0.3) is 0 Å². The molecule has 1 heterocycles. The van der Waals surface area contributed by atoms with Gasteiger partial charge < -0.3 is 14.5 Å². The second-order valence-corrected chi connectivity index (χ2v) is 8.08. The van der Waals surface area contributed by atoms with E-state index in [0.717, 1.165) is 16.9 Å². The second-order valence-electron chi connectivity index (χ2n) is 7.65. The third-order valence-corrected chi connectivity index (χ3v) is 6.06. The lowest BCUT2D eigenvalue weighted by Gasteiger charge is -2.36. The number of ether oxygens (including phenoxy) is 1. The number of amides is 2. The topological polar surface area (TPSA) is 49.9 Å². The van der Waals surface area contributed by atoms with Crippen LogP contribution in [0, 0.1) is 0 Å². The van der Waals surface area contributed by atoms with Gasteiger partial charge in [0.2, 0.25) is 5.91 Å². The van der Waals surface area contributed by atoms with E-state index < -0.39 is 0 Å². The normalized spacial score (nSPS) is 15.1. The number of nitrogens with zero attached hydrogens (tertiary/aromatic N) is 2. The van der Waals surface area contributed by atoms with Gasteiger partial charge in [-0.15, -0.1) is 0 Å². The van der Waals surface area contributed by atoms with E-state index in [4.69, 9.17) is 16.3 Å². The first-order valence-corrected chi connectivity index (χ1v) is 11.0. The number of halogens is 1. The number of carbonyl (C=O) groups excluding carboxylic acids is 2. The van der Waals surface area contributed by atoms with Crippen molar-refractivity contribution in [2.75, 3.05) is 30.0 Å². The maximum Gasteiger partial charge on any atom is 0.258 e. The molecule has 6 heteroatoms. The van der Waals surface area contributed by atoms with Crippen LogP contribution in [-0.4, -0.2) is 32.0 Å². The Morgan fingerprint density at radius 1 is 1.06 bits per heavy atom. The van der Waals surface area contributed by atoms with E-state index in [-0.39, 0.29) is 17.7 Å². The fraction of sp³-hybridized carbons (Fsp3) is 0.231. The van der Waals surface area contributed by atoms with Gasteiger partial charge in [0.1, 0.15) is 5.75 Å². The van der Waals surface area contributed by atoms with Crippen LogP contribution in [0.5, 0.6) is 5.75 Å². The number of hydrogen-bond acceptors (Lipinski definition) is 3. The molecule has 1 aliphatic heterocycles. The number of methoxy groups -OCH3 is 1. The molecule has 0 radical (unpaired) electrons. The van der Waals surface area contributed by atoms with Crippen LogP contribution in [0.2, 0.25) is 5.02 Å². The van der Waals surface area contributed by atoms with E-state index in [0.29, 0.717) is 35.8 Å². The van der Waals surface area contributed by atoms with Crippen LogP contribution in [0.4, 0.5) is 11.4 Å². The first-order chi connectivity index (χ1) is 15.5. The molecule has 0 aliphatic carbocycles. The van der Waals surface area contributed by atoms with Gasteiger partial charge in [0, 0.05) is 35.1 Å². The van der Waals surface area contributed by atoms with Crippen molar-refractivity contribution >= 4 is 34.8 Å². The quantitative estimate of drug-likeness (QED) is 0.515. The van der Waals surface area contributed by atoms with E-state index in [1.807, 2.05) is 43.3 Å². The van der Waals surface area contributed by atoms with Gasteiger partial charge >= 0.3 is 0 Å². The summed E-state index contributed by atoms with van der Waals surface area (Å²) in [5.74, 6) is 0.295. The minimum Gasteiger partial charge on any atom is -0.497 e. The Labute approximate surface area is 193 Å². The highest BCUT2D eigenvalue weighted by Gasteiger charge is 2.35. The Hall–Kier alpha value is -3.31. The van der Waals surface area contributed by atoms with Crippen molar-refractivity contribution in [3.63, 3.8) is 0 Å². The number of likely N-dealkylation sites (N-methyl/N-ethyl adjacent to an activating group) is 1. The van der Waals surface area contributed by atoms with Gasteiger partial charge in [-0.05, 0) is 67.4 Å². The molecule has 0 N–H and O–H groups in total. The van der Waals surface area contributed by atoms with Crippen LogP contribution in [-0.2, 0) is 4.79 Å². The molecule has 4 rings (SSSR count). The van der Waals surface area contributed by atoms with E-state index in [2.05, 4.69) is 0 Å². The molecule has 3 aromatic rings. The Morgan fingerprint density at radius 3 is 2.50 bits per heavy atom. The molecule has 3 aromatic carbocycles. The van der Waals surface area contributed by atoms with E-state index >= 15 is 0 Å². The Morgan fingerprint density at radius 2 is 1.81 bits per heavy atom. The smallest absolute Gasteiger partial charge is 0.258 e. The predicted molar refractivity (Wildman–Crippen MR) is 128 cm³/mol. The minimum atomic E-state index is -0.329. The summed E-state index contributed by atoms with van der Waals surface area (Å²) in [5.41, 5.74) is 3.00. The average molecular weight is 449 g/mol. The molecule has 1 atom stereocenters. The van der Waals surface area contributed by atoms with Crippen molar-refractivity contribution in [2.45, 2.75) is 19.3 Å². The lowest BCUT2D eigenvalue weighted by Crippen LogP contribution is -2.42. The molecule has 32 heavy (non-hydrogen) atoms. The number of anilines is 2. The van der Waals surface area contributed by atoms with Crippen LogP contribution in [0.1, 0.15) is 35.2 Å². The molecule has 0 spiro atoms. The van der Waals surface area contributed by atoms with E-state index in [9.17, 15) is 9.59 Å². The fourth-order valence-electron chi connectivity index (χ4n) is 4.22. The van der Waals surface area contributed by atoms with Crippen molar-refractivity contribution in [1.82, 2.24) is 0 Å². The Bertz CT molecular complexity index is 1130. The van der Waals surface area contributed by atoms with Crippen LogP contribution in [0.15, 0.2) is 72.8 Å². The highest BCUT2D eigenvalue weighted by molar-refractivity contribution is 6.31. The molecule has 0 saturated heterocycles. The molecule has 5 nitrogen and oxygen atoms in total. The first kappa shape index (κ1) is 21.9. The number of para-hydroxylation sites is 1. The summed E-state index contributed by atoms with van der Waals surface area (Å²) in [5, 5.41) is 0.592. The standard InChI is InChI=1S/C26H25ClN2O3/c1-3-28(20-8-6-7-19(27)17-20)26(31)23-15-16-29(24-10-5-4-9-22(23)24)25(30)18-11-13-21(32-2)14-12-18/h4-14,17,23H,3,15-16H2,1-2H3. The second kappa shape index (κ2) is 9.45. The lowest BCUT2D eigenvalue weighted by atomic mass is 9.88. The highest BCUT2D eigenvalue weighted by Crippen LogP contribution is 2.38.